The summed E-state index contributed by atoms with van der Waals surface area (Å²) in [5.74, 6) is -0.604. The van der Waals surface area contributed by atoms with Crippen LogP contribution < -0.4 is 0 Å². The van der Waals surface area contributed by atoms with Crippen molar-refractivity contribution in [3.8, 4) is 11.6 Å². The van der Waals surface area contributed by atoms with Gasteiger partial charge >= 0.3 is 0 Å². The number of aromatic amines is 1. The molecule has 0 saturated carbocycles. The smallest absolute Gasteiger partial charge is 0.264 e. The minimum Gasteiger partial charge on any atom is -0.503 e. The Hall–Kier alpha value is -1.44. The van der Waals surface area contributed by atoms with Crippen LogP contribution in [0, 0.1) is 0 Å². The Morgan fingerprint density at radius 2 is 2.05 bits per heavy atom. The van der Waals surface area contributed by atoms with Gasteiger partial charge in [0.05, 0.1) is 18.4 Å². The van der Waals surface area contributed by atoms with E-state index < -0.39 is 10.1 Å². The van der Waals surface area contributed by atoms with Crippen molar-refractivity contribution in [1.82, 2.24) is 4.98 Å². The molecule has 0 atom stereocenters. The first-order valence-electron chi connectivity index (χ1n) is 5.34. The van der Waals surface area contributed by atoms with Crippen LogP contribution in [-0.4, -0.2) is 36.5 Å². The summed E-state index contributed by atoms with van der Waals surface area (Å²) in [4.78, 5) is 2.57. The monoisotopic (exact) mass is 305 g/mol. The van der Waals surface area contributed by atoms with Crippen molar-refractivity contribution in [2.24, 2.45) is 0 Å². The van der Waals surface area contributed by atoms with Crippen molar-refractivity contribution < 1.29 is 22.8 Å². The van der Waals surface area contributed by atoms with Gasteiger partial charge in [-0.2, -0.15) is 8.42 Å². The first-order chi connectivity index (χ1) is 8.78. The Morgan fingerprint density at radius 1 is 1.37 bits per heavy atom. The molecule has 0 saturated heterocycles. The molecule has 0 bridgehead atoms. The van der Waals surface area contributed by atoms with Gasteiger partial charge in [-0.1, -0.05) is 11.6 Å². The van der Waals surface area contributed by atoms with Crippen LogP contribution in [0.25, 0.3) is 10.9 Å². The topological polar surface area (TPSA) is 99.6 Å². The summed E-state index contributed by atoms with van der Waals surface area (Å²) in [7, 11) is -3.49. The van der Waals surface area contributed by atoms with Crippen LogP contribution in [0.15, 0.2) is 12.1 Å². The molecule has 0 radical (unpaired) electrons. The van der Waals surface area contributed by atoms with Crippen LogP contribution in [0.3, 0.4) is 0 Å². The second kappa shape index (κ2) is 4.92. The van der Waals surface area contributed by atoms with Crippen molar-refractivity contribution >= 4 is 32.6 Å². The highest BCUT2D eigenvalue weighted by Gasteiger charge is 2.13. The average molecular weight is 306 g/mol. The number of benzene rings is 1. The molecule has 0 unspecified atom stereocenters. The zero-order valence-electron chi connectivity index (χ0n) is 9.97. The quantitative estimate of drug-likeness (QED) is 0.747. The maximum atomic E-state index is 10.8. The van der Waals surface area contributed by atoms with E-state index >= 15 is 0 Å². The van der Waals surface area contributed by atoms with E-state index in [0.29, 0.717) is 21.5 Å². The second-order valence-electron chi connectivity index (χ2n) is 4.09. The number of aromatic nitrogens is 1. The van der Waals surface area contributed by atoms with Gasteiger partial charge in [0, 0.05) is 10.4 Å². The molecule has 2 rings (SSSR count). The van der Waals surface area contributed by atoms with Crippen LogP contribution in [0.1, 0.15) is 5.56 Å². The third kappa shape index (κ3) is 3.12. The molecule has 0 spiro atoms. The van der Waals surface area contributed by atoms with E-state index in [9.17, 15) is 18.6 Å². The summed E-state index contributed by atoms with van der Waals surface area (Å²) < 4.78 is 26.3. The van der Waals surface area contributed by atoms with Crippen LogP contribution in [0.2, 0.25) is 5.02 Å². The molecule has 6 nitrogen and oxygen atoms in total. The first-order valence-corrected chi connectivity index (χ1v) is 7.54. The Kier molecular flexibility index (Phi) is 3.62. The Bertz CT molecular complexity index is 722. The number of aromatic hydroxyl groups is 2. The lowest BCUT2D eigenvalue weighted by atomic mass is 10.1. The van der Waals surface area contributed by atoms with Crippen molar-refractivity contribution in [2.75, 3.05) is 12.9 Å². The molecule has 1 heterocycles. The molecule has 3 N–H and O–H groups in total. The van der Waals surface area contributed by atoms with Gasteiger partial charge in [-0.25, -0.2) is 0 Å². The van der Waals surface area contributed by atoms with E-state index in [1.807, 2.05) is 0 Å². The standard InChI is InChI=1S/C11H12ClNO5S/c1-19(16,17)18-3-2-6-4-7-9(5-8(6)12)13-11(15)10(7)14/h4-5,13-15H,2-3H2,1H3. The van der Waals surface area contributed by atoms with Gasteiger partial charge in [0.15, 0.2) is 5.75 Å². The molecule has 0 fully saturated rings. The molecule has 1 aromatic heterocycles. The molecular formula is C11H12ClNO5S. The number of halogens is 1. The minimum atomic E-state index is -3.49. The van der Waals surface area contributed by atoms with E-state index in [1.165, 1.54) is 0 Å². The number of H-pyrrole nitrogens is 1. The Labute approximate surface area is 114 Å². The molecule has 1 aromatic carbocycles. The van der Waals surface area contributed by atoms with Crippen molar-refractivity contribution in [1.29, 1.82) is 0 Å². The summed E-state index contributed by atoms with van der Waals surface area (Å²) in [6.07, 6.45) is 1.24. The lowest BCUT2D eigenvalue weighted by Gasteiger charge is -2.05. The molecule has 0 aliphatic rings. The number of rotatable bonds is 4. The third-order valence-electron chi connectivity index (χ3n) is 2.59. The first kappa shape index (κ1) is 14.0. The van der Waals surface area contributed by atoms with E-state index in [0.717, 1.165) is 6.26 Å². The summed E-state index contributed by atoms with van der Waals surface area (Å²) in [5.41, 5.74) is 1.11. The fraction of sp³-hybridized carbons (Fsp3) is 0.273. The Balaban J connectivity index is 2.28. The lowest BCUT2D eigenvalue weighted by molar-refractivity contribution is 0.326. The van der Waals surface area contributed by atoms with Crippen molar-refractivity contribution in [3.05, 3.63) is 22.7 Å². The number of nitrogens with one attached hydrogen (secondary N) is 1. The zero-order chi connectivity index (χ0) is 14.2. The minimum absolute atomic E-state index is 0.0404. The van der Waals surface area contributed by atoms with Crippen LogP contribution in [0.4, 0.5) is 0 Å². The molecule has 0 amide bonds. The van der Waals surface area contributed by atoms with Crippen molar-refractivity contribution in [3.63, 3.8) is 0 Å². The third-order valence-corrected chi connectivity index (χ3v) is 3.53. The summed E-state index contributed by atoms with van der Waals surface area (Å²) in [6.45, 7) is -0.0404. The lowest BCUT2D eigenvalue weighted by Crippen LogP contribution is -2.06. The highest BCUT2D eigenvalue weighted by atomic mass is 35.5. The SMILES string of the molecule is CS(=O)(=O)OCCc1cc2c(O)c(O)[nH]c2cc1Cl. The van der Waals surface area contributed by atoms with Gasteiger partial charge < -0.3 is 15.2 Å². The molecule has 104 valence electrons. The van der Waals surface area contributed by atoms with Gasteiger partial charge in [-0.15, -0.1) is 0 Å². The highest BCUT2D eigenvalue weighted by molar-refractivity contribution is 7.85. The fourth-order valence-electron chi connectivity index (χ4n) is 1.73. The molecule has 0 aliphatic carbocycles. The second-order valence-corrected chi connectivity index (χ2v) is 6.14. The van der Waals surface area contributed by atoms with Gasteiger partial charge in [0.1, 0.15) is 0 Å². The van der Waals surface area contributed by atoms with Crippen LogP contribution >= 0.6 is 11.6 Å². The zero-order valence-corrected chi connectivity index (χ0v) is 11.5. The molecule has 19 heavy (non-hydrogen) atoms. The number of hydrogen-bond acceptors (Lipinski definition) is 5. The van der Waals surface area contributed by atoms with Gasteiger partial charge in [0.2, 0.25) is 5.88 Å². The maximum absolute atomic E-state index is 10.8. The fourth-order valence-corrected chi connectivity index (χ4v) is 2.37. The van der Waals surface area contributed by atoms with E-state index in [1.54, 1.807) is 12.1 Å². The summed E-state index contributed by atoms with van der Waals surface area (Å²) in [6, 6.07) is 3.13. The van der Waals surface area contributed by atoms with Crippen LogP contribution in [-0.2, 0) is 20.7 Å². The number of fused-ring (bicyclic) bond motifs is 1. The van der Waals surface area contributed by atoms with Gasteiger partial charge in [-0.3, -0.25) is 4.18 Å². The van der Waals surface area contributed by atoms with Gasteiger partial charge in [-0.05, 0) is 24.1 Å². The van der Waals surface area contributed by atoms with E-state index in [4.69, 9.17) is 11.6 Å². The van der Waals surface area contributed by atoms with Gasteiger partial charge in [0.25, 0.3) is 10.1 Å². The maximum Gasteiger partial charge on any atom is 0.264 e. The normalized spacial score (nSPS) is 12.1. The van der Waals surface area contributed by atoms with Crippen molar-refractivity contribution in [2.45, 2.75) is 6.42 Å². The highest BCUT2D eigenvalue weighted by Crippen LogP contribution is 2.36. The Morgan fingerprint density at radius 3 is 2.68 bits per heavy atom. The molecular weight excluding hydrogens is 294 g/mol. The predicted octanol–water partition coefficient (Wildman–Crippen LogP) is 1.75. The molecule has 2 aromatic rings. The average Bonchev–Trinajstić information content (AvgIpc) is 2.54. The summed E-state index contributed by atoms with van der Waals surface area (Å²) in [5, 5.41) is 19.8. The number of hydrogen-bond donors (Lipinski definition) is 3. The molecule has 0 aliphatic heterocycles. The summed E-state index contributed by atoms with van der Waals surface area (Å²) >= 11 is 6.03. The molecule has 8 heteroatoms. The predicted molar refractivity (Wildman–Crippen MR) is 71.1 cm³/mol. The largest absolute Gasteiger partial charge is 0.503 e. The van der Waals surface area contributed by atoms with Crippen LogP contribution in [0.5, 0.6) is 11.6 Å². The van der Waals surface area contributed by atoms with E-state index in [-0.39, 0.29) is 24.7 Å². The van der Waals surface area contributed by atoms with E-state index in [2.05, 4.69) is 9.17 Å².